The molecule has 5 rings (SSSR count). The summed E-state index contributed by atoms with van der Waals surface area (Å²) in [6, 6.07) is 19.1. The molecule has 6 heteroatoms. The van der Waals surface area contributed by atoms with Crippen molar-refractivity contribution >= 4 is 28.2 Å². The van der Waals surface area contributed by atoms with Crippen molar-refractivity contribution in [3.63, 3.8) is 0 Å². The molecule has 0 fully saturated rings. The first-order valence-corrected chi connectivity index (χ1v) is 10.3. The van der Waals surface area contributed by atoms with Gasteiger partial charge in [0.05, 0.1) is 0 Å². The third-order valence-electron chi connectivity index (χ3n) is 5.40. The molecule has 31 heavy (non-hydrogen) atoms. The molecule has 1 aliphatic rings. The largest absolute Gasteiger partial charge is 0.457 e. The van der Waals surface area contributed by atoms with Crippen LogP contribution in [-0.4, -0.2) is 34.0 Å². The summed E-state index contributed by atoms with van der Waals surface area (Å²) in [4.78, 5) is 21.9. The maximum Gasteiger partial charge on any atom is 0.322 e. The van der Waals surface area contributed by atoms with E-state index in [1.54, 1.807) is 24.5 Å². The molecule has 2 N–H and O–H groups in total. The number of aromatic nitrogens is 2. The molecule has 6 nitrogen and oxygen atoms in total. The molecule has 0 saturated heterocycles. The van der Waals surface area contributed by atoms with Crippen molar-refractivity contribution in [1.82, 2.24) is 14.9 Å². The molecule has 0 unspecified atom stereocenters. The summed E-state index contributed by atoms with van der Waals surface area (Å²) in [6.07, 6.45) is 8.37. The van der Waals surface area contributed by atoms with Crippen LogP contribution in [0.15, 0.2) is 85.3 Å². The predicted molar refractivity (Wildman–Crippen MR) is 122 cm³/mol. The maximum absolute atomic E-state index is 12.8. The zero-order valence-corrected chi connectivity index (χ0v) is 16.9. The minimum Gasteiger partial charge on any atom is -0.457 e. The number of anilines is 1. The first-order valence-electron chi connectivity index (χ1n) is 10.3. The van der Waals surface area contributed by atoms with Crippen LogP contribution in [-0.2, 0) is 0 Å². The Kier molecular flexibility index (Phi) is 5.10. The number of hydrogen-bond donors (Lipinski definition) is 2. The number of fused-ring (bicyclic) bond motifs is 1. The number of urea groups is 1. The highest BCUT2D eigenvalue weighted by molar-refractivity contribution is 5.94. The third-order valence-corrected chi connectivity index (χ3v) is 5.40. The van der Waals surface area contributed by atoms with Crippen LogP contribution in [0, 0.1) is 0 Å². The lowest BCUT2D eigenvalue weighted by molar-refractivity contribution is 0.217. The summed E-state index contributed by atoms with van der Waals surface area (Å²) < 4.78 is 5.82. The van der Waals surface area contributed by atoms with Crippen LogP contribution in [0.25, 0.3) is 16.5 Å². The minimum absolute atomic E-state index is 0.115. The smallest absolute Gasteiger partial charge is 0.322 e. The fourth-order valence-corrected chi connectivity index (χ4v) is 3.82. The van der Waals surface area contributed by atoms with Crippen molar-refractivity contribution in [3.05, 3.63) is 90.9 Å². The van der Waals surface area contributed by atoms with Gasteiger partial charge in [-0.1, -0.05) is 30.3 Å². The van der Waals surface area contributed by atoms with Gasteiger partial charge in [-0.05, 0) is 42.3 Å². The van der Waals surface area contributed by atoms with Crippen LogP contribution in [0.3, 0.4) is 0 Å². The summed E-state index contributed by atoms with van der Waals surface area (Å²) in [7, 11) is 0. The molecule has 0 radical (unpaired) electrons. The van der Waals surface area contributed by atoms with E-state index in [1.165, 1.54) is 16.5 Å². The van der Waals surface area contributed by atoms with Gasteiger partial charge in [-0.3, -0.25) is 4.98 Å². The Morgan fingerprint density at radius 1 is 1.03 bits per heavy atom. The highest BCUT2D eigenvalue weighted by atomic mass is 16.5. The number of ether oxygens (including phenoxy) is 1. The Morgan fingerprint density at radius 3 is 2.74 bits per heavy atom. The van der Waals surface area contributed by atoms with E-state index in [9.17, 15) is 4.79 Å². The van der Waals surface area contributed by atoms with Crippen molar-refractivity contribution < 1.29 is 9.53 Å². The van der Waals surface area contributed by atoms with Crippen LogP contribution >= 0.6 is 0 Å². The number of aromatic amines is 1. The van der Waals surface area contributed by atoms with E-state index in [4.69, 9.17) is 4.74 Å². The molecule has 2 amide bonds. The number of H-pyrrole nitrogens is 1. The molecular weight excluding hydrogens is 388 g/mol. The number of nitrogens with one attached hydrogen (secondary N) is 2. The van der Waals surface area contributed by atoms with E-state index in [2.05, 4.69) is 45.8 Å². The number of hydrogen-bond acceptors (Lipinski definition) is 3. The second-order valence-electron chi connectivity index (χ2n) is 7.42. The molecule has 0 bridgehead atoms. The number of pyridine rings is 1. The van der Waals surface area contributed by atoms with Gasteiger partial charge >= 0.3 is 6.03 Å². The van der Waals surface area contributed by atoms with E-state index in [0.29, 0.717) is 30.3 Å². The maximum atomic E-state index is 12.8. The highest BCUT2D eigenvalue weighted by Gasteiger charge is 2.19. The van der Waals surface area contributed by atoms with E-state index in [1.807, 2.05) is 35.2 Å². The first kappa shape index (κ1) is 18.9. The number of para-hydroxylation sites is 1. The number of nitrogens with zero attached hydrogens (tertiary/aromatic N) is 2. The Balaban J connectivity index is 1.24. The van der Waals surface area contributed by atoms with Crippen molar-refractivity contribution in [2.24, 2.45) is 0 Å². The molecule has 1 aliphatic heterocycles. The van der Waals surface area contributed by atoms with E-state index in [-0.39, 0.29) is 6.03 Å². The highest BCUT2D eigenvalue weighted by Crippen LogP contribution is 2.29. The van der Waals surface area contributed by atoms with E-state index >= 15 is 0 Å². The first-order chi connectivity index (χ1) is 15.3. The molecule has 0 atom stereocenters. The van der Waals surface area contributed by atoms with Crippen LogP contribution in [0.5, 0.6) is 11.5 Å². The molecule has 2 aromatic heterocycles. The second kappa shape index (κ2) is 8.36. The van der Waals surface area contributed by atoms with Crippen molar-refractivity contribution in [2.75, 3.05) is 18.4 Å². The predicted octanol–water partition coefficient (Wildman–Crippen LogP) is 5.68. The van der Waals surface area contributed by atoms with Gasteiger partial charge in [0.1, 0.15) is 11.5 Å². The molecular formula is C25H22N4O2. The van der Waals surface area contributed by atoms with Gasteiger partial charge in [0.15, 0.2) is 0 Å². The van der Waals surface area contributed by atoms with Gasteiger partial charge in [-0.15, -0.1) is 0 Å². The fourth-order valence-electron chi connectivity index (χ4n) is 3.82. The lowest BCUT2D eigenvalue weighted by atomic mass is 9.99. The number of carbonyl (C=O) groups excluding carboxylic acids is 1. The van der Waals surface area contributed by atoms with Gasteiger partial charge in [0.25, 0.3) is 0 Å². The molecule has 4 aromatic rings. The average molecular weight is 410 g/mol. The quantitative estimate of drug-likeness (QED) is 0.455. The van der Waals surface area contributed by atoms with Gasteiger partial charge in [-0.2, -0.15) is 0 Å². The summed E-state index contributed by atoms with van der Waals surface area (Å²) in [5.41, 5.74) is 4.32. The molecule has 3 heterocycles. The average Bonchev–Trinajstić information content (AvgIpc) is 3.24. The fraction of sp³-hybridized carbons (Fsp3) is 0.120. The van der Waals surface area contributed by atoms with Gasteiger partial charge < -0.3 is 19.9 Å². The van der Waals surface area contributed by atoms with Crippen LogP contribution in [0.2, 0.25) is 0 Å². The van der Waals surface area contributed by atoms with E-state index < -0.39 is 0 Å². The standard InChI is InChI=1S/C25H22N4O2/c30-25(28-19-4-3-5-21(16-19)31-20-8-12-26-13-9-20)29-14-10-18(11-15-29)23-17-27-24-7-2-1-6-22(23)24/h1-10,12-13,16-17,27H,11,14-15H2,(H,28,30). The van der Waals surface area contributed by atoms with Crippen molar-refractivity contribution in [1.29, 1.82) is 0 Å². The monoisotopic (exact) mass is 410 g/mol. The zero-order chi connectivity index (χ0) is 21.0. The summed E-state index contributed by atoms with van der Waals surface area (Å²) in [5, 5.41) is 4.20. The lowest BCUT2D eigenvalue weighted by Crippen LogP contribution is -2.37. The zero-order valence-electron chi connectivity index (χ0n) is 16.9. The van der Waals surface area contributed by atoms with Crippen LogP contribution in [0.1, 0.15) is 12.0 Å². The number of carbonyl (C=O) groups is 1. The van der Waals surface area contributed by atoms with E-state index in [0.717, 1.165) is 11.9 Å². The molecule has 154 valence electrons. The lowest BCUT2D eigenvalue weighted by Gasteiger charge is -2.26. The van der Waals surface area contributed by atoms with Gasteiger partial charge in [0, 0.05) is 59.9 Å². The number of rotatable bonds is 4. The number of amides is 2. The summed E-state index contributed by atoms with van der Waals surface area (Å²) >= 11 is 0. The Morgan fingerprint density at radius 2 is 1.90 bits per heavy atom. The van der Waals surface area contributed by atoms with Gasteiger partial charge in [0.2, 0.25) is 0 Å². The van der Waals surface area contributed by atoms with Crippen molar-refractivity contribution in [3.8, 4) is 11.5 Å². The summed E-state index contributed by atoms with van der Waals surface area (Å²) in [5.74, 6) is 1.36. The Bertz CT molecular complexity index is 1250. The molecule has 0 saturated carbocycles. The topological polar surface area (TPSA) is 70.2 Å². The van der Waals surface area contributed by atoms with Crippen LogP contribution < -0.4 is 10.1 Å². The van der Waals surface area contributed by atoms with Crippen molar-refractivity contribution in [2.45, 2.75) is 6.42 Å². The normalized spacial score (nSPS) is 13.7. The molecule has 0 spiro atoms. The van der Waals surface area contributed by atoms with Gasteiger partial charge in [-0.25, -0.2) is 4.79 Å². The van der Waals surface area contributed by atoms with Crippen LogP contribution in [0.4, 0.5) is 10.5 Å². The molecule has 2 aromatic carbocycles. The SMILES string of the molecule is O=C(Nc1cccc(Oc2ccncc2)c1)N1CC=C(c2c[nH]c3ccccc23)CC1. The minimum atomic E-state index is -0.115. The third kappa shape index (κ3) is 4.14. The Hall–Kier alpha value is -4.06. The number of benzene rings is 2. The molecule has 0 aliphatic carbocycles. The second-order valence-corrected chi connectivity index (χ2v) is 7.42. The summed E-state index contributed by atoms with van der Waals surface area (Å²) in [6.45, 7) is 1.25. The Labute approximate surface area is 180 Å².